The number of urea groups is 1. The third-order valence-electron chi connectivity index (χ3n) is 5.13. The molecular formula is C23H26N4O5S. The van der Waals surface area contributed by atoms with Crippen molar-refractivity contribution < 1.29 is 22.4 Å². The summed E-state index contributed by atoms with van der Waals surface area (Å²) in [5.41, 5.74) is 3.17. The van der Waals surface area contributed by atoms with Crippen LogP contribution in [0.1, 0.15) is 26.3 Å². The quantitative estimate of drug-likeness (QED) is 0.577. The van der Waals surface area contributed by atoms with Gasteiger partial charge in [-0.1, -0.05) is 20.8 Å². The predicted octanol–water partition coefficient (Wildman–Crippen LogP) is 4.22. The Hall–Kier alpha value is -3.53. The maximum absolute atomic E-state index is 12.5. The Morgan fingerprint density at radius 1 is 1.21 bits per heavy atom. The van der Waals surface area contributed by atoms with E-state index >= 15 is 0 Å². The normalized spacial score (nSPS) is 14.5. The molecule has 174 valence electrons. The lowest BCUT2D eigenvalue weighted by atomic mass is 9.84. The van der Waals surface area contributed by atoms with Crippen molar-refractivity contribution in [2.45, 2.75) is 26.2 Å². The molecule has 2 N–H and O–H groups in total. The number of amides is 2. The first-order valence-corrected chi connectivity index (χ1v) is 12.2. The summed E-state index contributed by atoms with van der Waals surface area (Å²) in [4.78, 5) is 18.6. The van der Waals surface area contributed by atoms with Gasteiger partial charge in [0, 0.05) is 18.3 Å². The van der Waals surface area contributed by atoms with Gasteiger partial charge in [0.05, 0.1) is 30.3 Å². The molecule has 0 radical (unpaired) electrons. The van der Waals surface area contributed by atoms with E-state index in [0.29, 0.717) is 46.2 Å². The molecule has 0 saturated heterocycles. The number of carbonyl (C=O) groups excluding carboxylic acids is 1. The van der Waals surface area contributed by atoms with E-state index in [2.05, 4.69) is 35.8 Å². The first-order chi connectivity index (χ1) is 15.5. The third-order valence-corrected chi connectivity index (χ3v) is 5.74. The van der Waals surface area contributed by atoms with Crippen molar-refractivity contribution in [3.8, 4) is 17.2 Å². The van der Waals surface area contributed by atoms with Crippen LogP contribution in [0, 0.1) is 0 Å². The van der Waals surface area contributed by atoms with Gasteiger partial charge in [-0.3, -0.25) is 9.62 Å². The minimum Gasteiger partial charge on any atom is -0.496 e. The minimum absolute atomic E-state index is 0.234. The summed E-state index contributed by atoms with van der Waals surface area (Å²) in [7, 11) is -1.84. The number of hydrogen-bond donors (Lipinski definition) is 2. The second kappa shape index (κ2) is 8.11. The van der Waals surface area contributed by atoms with Crippen molar-refractivity contribution in [2.75, 3.05) is 29.5 Å². The molecule has 2 amide bonds. The maximum Gasteiger partial charge on any atom is 0.326 e. The van der Waals surface area contributed by atoms with Gasteiger partial charge in [0.1, 0.15) is 11.3 Å². The zero-order valence-corrected chi connectivity index (χ0v) is 19.9. The third kappa shape index (κ3) is 4.65. The van der Waals surface area contributed by atoms with E-state index in [1.165, 1.54) is 4.90 Å². The van der Waals surface area contributed by atoms with Gasteiger partial charge < -0.3 is 14.5 Å². The molecule has 2 aromatic carbocycles. The number of oxazole rings is 1. The second-order valence-corrected chi connectivity index (χ2v) is 10.6. The Balaban J connectivity index is 1.90. The van der Waals surface area contributed by atoms with E-state index in [0.717, 1.165) is 11.8 Å². The number of benzene rings is 2. The highest BCUT2D eigenvalue weighted by Crippen LogP contribution is 2.43. The van der Waals surface area contributed by atoms with Crippen molar-refractivity contribution in [1.29, 1.82) is 0 Å². The van der Waals surface area contributed by atoms with Gasteiger partial charge in [0.15, 0.2) is 5.58 Å². The van der Waals surface area contributed by atoms with Gasteiger partial charge in [-0.05, 0) is 41.8 Å². The molecule has 1 aromatic heterocycles. The lowest BCUT2D eigenvalue weighted by Gasteiger charge is -2.28. The number of nitrogens with one attached hydrogen (secondary N) is 2. The van der Waals surface area contributed by atoms with Crippen LogP contribution in [0.3, 0.4) is 0 Å². The summed E-state index contributed by atoms with van der Waals surface area (Å²) >= 11 is 0. The standard InChI is InChI=1S/C23H26N4O5S/c1-23(2,3)17-13-15(27-10-6-9-24-22(27)28)12-16(20(17)31-4)21-25-18-11-14(26-33(5,29)30)7-8-19(18)32-21/h6-8,10-13,26H,9H2,1-5H3,(H,24,28). The van der Waals surface area contributed by atoms with Crippen molar-refractivity contribution >= 4 is 38.5 Å². The number of ether oxygens (including phenoxy) is 1. The minimum atomic E-state index is -3.43. The van der Waals surface area contributed by atoms with Crippen LogP contribution in [0.5, 0.6) is 5.75 Å². The van der Waals surface area contributed by atoms with Gasteiger partial charge in [-0.15, -0.1) is 0 Å². The molecule has 10 heteroatoms. The Kier molecular flexibility index (Phi) is 5.57. The van der Waals surface area contributed by atoms with Crippen LogP contribution in [0.25, 0.3) is 22.6 Å². The average molecular weight is 471 g/mol. The van der Waals surface area contributed by atoms with Crippen LogP contribution in [-0.4, -0.2) is 39.3 Å². The molecule has 0 bridgehead atoms. The highest BCUT2D eigenvalue weighted by molar-refractivity contribution is 7.92. The number of fused-ring (bicyclic) bond motifs is 1. The largest absolute Gasteiger partial charge is 0.496 e. The molecule has 0 spiro atoms. The molecule has 0 saturated carbocycles. The van der Waals surface area contributed by atoms with Crippen molar-refractivity contribution in [3.63, 3.8) is 0 Å². The lowest BCUT2D eigenvalue weighted by molar-refractivity contribution is 0.248. The lowest BCUT2D eigenvalue weighted by Crippen LogP contribution is -2.40. The Morgan fingerprint density at radius 3 is 2.61 bits per heavy atom. The number of hydrogen-bond acceptors (Lipinski definition) is 6. The van der Waals surface area contributed by atoms with Crippen LogP contribution >= 0.6 is 0 Å². The highest BCUT2D eigenvalue weighted by Gasteiger charge is 2.28. The number of nitrogens with zero attached hydrogens (tertiary/aromatic N) is 2. The molecule has 2 heterocycles. The molecule has 33 heavy (non-hydrogen) atoms. The molecule has 0 aliphatic carbocycles. The van der Waals surface area contributed by atoms with Crippen LogP contribution in [-0.2, 0) is 15.4 Å². The van der Waals surface area contributed by atoms with Crippen molar-refractivity contribution in [3.05, 3.63) is 48.2 Å². The Labute approximate surface area is 192 Å². The van der Waals surface area contributed by atoms with Gasteiger partial charge in [0.2, 0.25) is 15.9 Å². The summed E-state index contributed by atoms with van der Waals surface area (Å²) in [6, 6.07) is 8.35. The highest BCUT2D eigenvalue weighted by atomic mass is 32.2. The number of methoxy groups -OCH3 is 1. The summed E-state index contributed by atoms with van der Waals surface area (Å²) < 4.78 is 37.4. The molecule has 4 rings (SSSR count). The second-order valence-electron chi connectivity index (χ2n) is 8.84. The van der Waals surface area contributed by atoms with E-state index in [4.69, 9.17) is 9.15 Å². The number of carbonyl (C=O) groups is 1. The summed E-state index contributed by atoms with van der Waals surface area (Å²) in [6.07, 6.45) is 4.67. The molecule has 0 unspecified atom stereocenters. The van der Waals surface area contributed by atoms with Crippen LogP contribution < -0.4 is 19.7 Å². The fourth-order valence-corrected chi connectivity index (χ4v) is 4.22. The van der Waals surface area contributed by atoms with E-state index in [1.54, 1.807) is 37.6 Å². The smallest absolute Gasteiger partial charge is 0.326 e. The number of aromatic nitrogens is 1. The summed E-state index contributed by atoms with van der Waals surface area (Å²) in [5.74, 6) is 0.890. The van der Waals surface area contributed by atoms with E-state index in [9.17, 15) is 13.2 Å². The van der Waals surface area contributed by atoms with Gasteiger partial charge >= 0.3 is 6.03 Å². The molecule has 1 aliphatic rings. The fourth-order valence-electron chi connectivity index (χ4n) is 3.67. The Bertz CT molecular complexity index is 1370. The fraction of sp³-hybridized carbons (Fsp3) is 0.304. The maximum atomic E-state index is 12.5. The predicted molar refractivity (Wildman–Crippen MR) is 128 cm³/mol. The molecule has 0 fully saturated rings. The molecule has 3 aromatic rings. The van der Waals surface area contributed by atoms with E-state index in [-0.39, 0.29) is 11.4 Å². The van der Waals surface area contributed by atoms with E-state index < -0.39 is 10.0 Å². The summed E-state index contributed by atoms with van der Waals surface area (Å²) in [5, 5.41) is 2.80. The molecule has 0 atom stereocenters. The zero-order valence-electron chi connectivity index (χ0n) is 19.1. The van der Waals surface area contributed by atoms with Crippen LogP contribution in [0.4, 0.5) is 16.2 Å². The average Bonchev–Trinajstić information content (AvgIpc) is 3.14. The van der Waals surface area contributed by atoms with Gasteiger partial charge in [0.25, 0.3) is 0 Å². The van der Waals surface area contributed by atoms with E-state index in [1.807, 2.05) is 12.1 Å². The van der Waals surface area contributed by atoms with Crippen molar-refractivity contribution in [2.24, 2.45) is 0 Å². The van der Waals surface area contributed by atoms with Crippen molar-refractivity contribution in [1.82, 2.24) is 10.3 Å². The Morgan fingerprint density at radius 2 is 1.97 bits per heavy atom. The summed E-state index contributed by atoms with van der Waals surface area (Å²) in [6.45, 7) is 6.64. The number of rotatable bonds is 5. The van der Waals surface area contributed by atoms with Crippen LogP contribution in [0.15, 0.2) is 47.0 Å². The van der Waals surface area contributed by atoms with Crippen LogP contribution in [0.2, 0.25) is 0 Å². The SMILES string of the molecule is COc1c(-c2nc3cc(NS(C)(=O)=O)ccc3o2)cc(N2C=CCNC2=O)cc1C(C)(C)C. The van der Waals surface area contributed by atoms with Gasteiger partial charge in [-0.2, -0.15) is 0 Å². The first kappa shape index (κ1) is 22.7. The first-order valence-electron chi connectivity index (χ1n) is 10.3. The molecule has 9 nitrogen and oxygen atoms in total. The monoisotopic (exact) mass is 470 g/mol. The number of sulfonamides is 1. The topological polar surface area (TPSA) is 114 Å². The molecular weight excluding hydrogens is 444 g/mol. The zero-order chi connectivity index (χ0) is 24.0. The van der Waals surface area contributed by atoms with Gasteiger partial charge in [-0.25, -0.2) is 18.2 Å². The number of anilines is 2. The molecule has 1 aliphatic heterocycles.